The van der Waals surface area contributed by atoms with Crippen LogP contribution in [-0.2, 0) is 11.3 Å². The van der Waals surface area contributed by atoms with Gasteiger partial charge in [0.2, 0.25) is 5.91 Å². The van der Waals surface area contributed by atoms with Gasteiger partial charge in [0.1, 0.15) is 11.9 Å². The summed E-state index contributed by atoms with van der Waals surface area (Å²) >= 11 is 0. The summed E-state index contributed by atoms with van der Waals surface area (Å²) in [5.41, 5.74) is 0.813. The van der Waals surface area contributed by atoms with Crippen LogP contribution in [0.3, 0.4) is 0 Å². The minimum absolute atomic E-state index is 0.0460. The number of amides is 1. The maximum Gasteiger partial charge on any atom is 0.249 e. The standard InChI is InChI=1S/C16H13F3N2O/c1-9-16(22)21(8-10-4-2-3-5-11(10)17)15-7-13(19)12(18)6-14(15)20-9/h2-7,9,20H,8H2,1H3. The van der Waals surface area contributed by atoms with Crippen LogP contribution in [-0.4, -0.2) is 11.9 Å². The Bertz CT molecular complexity index is 748. The second-order valence-corrected chi connectivity index (χ2v) is 5.17. The topological polar surface area (TPSA) is 32.3 Å². The highest BCUT2D eigenvalue weighted by Gasteiger charge is 2.31. The van der Waals surface area contributed by atoms with Gasteiger partial charge in [-0.15, -0.1) is 0 Å². The molecule has 6 heteroatoms. The lowest BCUT2D eigenvalue weighted by Crippen LogP contribution is -2.45. The Morgan fingerprint density at radius 3 is 2.50 bits per heavy atom. The quantitative estimate of drug-likeness (QED) is 0.921. The Balaban J connectivity index is 2.05. The average molecular weight is 306 g/mol. The van der Waals surface area contributed by atoms with E-state index in [0.29, 0.717) is 11.3 Å². The molecule has 0 aliphatic carbocycles. The molecule has 1 heterocycles. The number of anilines is 2. The maximum absolute atomic E-state index is 13.8. The summed E-state index contributed by atoms with van der Waals surface area (Å²) < 4.78 is 40.7. The number of rotatable bonds is 2. The lowest BCUT2D eigenvalue weighted by molar-refractivity contribution is -0.119. The highest BCUT2D eigenvalue weighted by atomic mass is 19.2. The van der Waals surface area contributed by atoms with Gasteiger partial charge < -0.3 is 10.2 Å². The molecule has 22 heavy (non-hydrogen) atoms. The highest BCUT2D eigenvalue weighted by Crippen LogP contribution is 2.34. The zero-order chi connectivity index (χ0) is 15.9. The molecule has 2 aromatic carbocycles. The Morgan fingerprint density at radius 2 is 1.77 bits per heavy atom. The van der Waals surface area contributed by atoms with Crippen LogP contribution in [0.15, 0.2) is 36.4 Å². The third-order valence-electron chi connectivity index (χ3n) is 3.62. The Hall–Kier alpha value is -2.50. The predicted molar refractivity (Wildman–Crippen MR) is 77.0 cm³/mol. The summed E-state index contributed by atoms with van der Waals surface area (Å²) in [6, 6.07) is 7.38. The van der Waals surface area contributed by atoms with E-state index in [2.05, 4.69) is 5.32 Å². The molecule has 1 aliphatic rings. The Kier molecular flexibility index (Phi) is 3.52. The number of fused-ring (bicyclic) bond motifs is 1. The third kappa shape index (κ3) is 2.41. The van der Waals surface area contributed by atoms with Crippen LogP contribution >= 0.6 is 0 Å². The van der Waals surface area contributed by atoms with Crippen molar-refractivity contribution in [3.63, 3.8) is 0 Å². The molecule has 0 radical (unpaired) electrons. The fourth-order valence-corrected chi connectivity index (χ4v) is 2.48. The number of nitrogens with zero attached hydrogens (tertiary/aromatic N) is 1. The Morgan fingerprint density at radius 1 is 1.09 bits per heavy atom. The molecule has 1 atom stereocenters. The summed E-state index contributed by atoms with van der Waals surface area (Å²) in [5.74, 6) is -2.84. The van der Waals surface area contributed by atoms with Gasteiger partial charge in [-0.3, -0.25) is 4.79 Å². The summed E-state index contributed by atoms with van der Waals surface area (Å²) in [5, 5.41) is 2.82. The van der Waals surface area contributed by atoms with Gasteiger partial charge in [-0.1, -0.05) is 18.2 Å². The largest absolute Gasteiger partial charge is 0.372 e. The van der Waals surface area contributed by atoms with Gasteiger partial charge in [0.05, 0.1) is 17.9 Å². The van der Waals surface area contributed by atoms with E-state index in [-0.39, 0.29) is 18.1 Å². The molecule has 3 rings (SSSR count). The van der Waals surface area contributed by atoms with Gasteiger partial charge >= 0.3 is 0 Å². The van der Waals surface area contributed by atoms with Crippen molar-refractivity contribution in [1.82, 2.24) is 0 Å². The predicted octanol–water partition coefficient (Wildman–Crippen LogP) is 3.45. The number of halogens is 3. The molecular formula is C16H13F3N2O. The van der Waals surface area contributed by atoms with Gasteiger partial charge in [-0.05, 0) is 13.0 Å². The average Bonchev–Trinajstić information content (AvgIpc) is 2.48. The first-order valence-electron chi connectivity index (χ1n) is 6.77. The van der Waals surface area contributed by atoms with Crippen LogP contribution in [0.25, 0.3) is 0 Å². The van der Waals surface area contributed by atoms with Crippen LogP contribution < -0.4 is 10.2 Å². The van der Waals surface area contributed by atoms with Crippen LogP contribution in [0.2, 0.25) is 0 Å². The van der Waals surface area contributed by atoms with E-state index in [1.807, 2.05) is 0 Å². The first-order chi connectivity index (χ1) is 10.5. The molecule has 1 unspecified atom stereocenters. The molecule has 0 saturated heterocycles. The lowest BCUT2D eigenvalue weighted by Gasteiger charge is -2.34. The molecule has 1 aliphatic heterocycles. The van der Waals surface area contributed by atoms with Gasteiger partial charge in [0.25, 0.3) is 0 Å². The molecule has 0 fully saturated rings. The third-order valence-corrected chi connectivity index (χ3v) is 3.62. The van der Waals surface area contributed by atoms with Crippen molar-refractivity contribution in [2.45, 2.75) is 19.5 Å². The molecular weight excluding hydrogens is 293 g/mol. The van der Waals surface area contributed by atoms with E-state index < -0.39 is 23.5 Å². The fraction of sp³-hybridized carbons (Fsp3) is 0.188. The number of hydrogen-bond acceptors (Lipinski definition) is 2. The number of benzene rings is 2. The second-order valence-electron chi connectivity index (χ2n) is 5.17. The Labute approximate surface area is 125 Å². The van der Waals surface area contributed by atoms with Crippen molar-refractivity contribution in [1.29, 1.82) is 0 Å². The van der Waals surface area contributed by atoms with E-state index in [9.17, 15) is 18.0 Å². The summed E-state index contributed by atoms with van der Waals surface area (Å²) in [6.45, 7) is 1.57. The van der Waals surface area contributed by atoms with E-state index in [0.717, 1.165) is 12.1 Å². The zero-order valence-corrected chi connectivity index (χ0v) is 11.7. The fourth-order valence-electron chi connectivity index (χ4n) is 2.48. The smallest absolute Gasteiger partial charge is 0.249 e. The van der Waals surface area contributed by atoms with E-state index in [1.54, 1.807) is 25.1 Å². The molecule has 2 aromatic rings. The van der Waals surface area contributed by atoms with Gasteiger partial charge in [0.15, 0.2) is 11.6 Å². The number of carbonyl (C=O) groups excluding carboxylic acids is 1. The highest BCUT2D eigenvalue weighted by molar-refractivity contribution is 6.04. The second kappa shape index (κ2) is 5.36. The van der Waals surface area contributed by atoms with E-state index >= 15 is 0 Å². The minimum atomic E-state index is -1.05. The van der Waals surface area contributed by atoms with Crippen molar-refractivity contribution < 1.29 is 18.0 Å². The van der Waals surface area contributed by atoms with Crippen molar-refractivity contribution >= 4 is 17.3 Å². The molecule has 0 aromatic heterocycles. The lowest BCUT2D eigenvalue weighted by atomic mass is 10.1. The number of carbonyl (C=O) groups is 1. The molecule has 3 nitrogen and oxygen atoms in total. The van der Waals surface area contributed by atoms with Crippen molar-refractivity contribution in [2.75, 3.05) is 10.2 Å². The van der Waals surface area contributed by atoms with E-state index in [4.69, 9.17) is 0 Å². The van der Waals surface area contributed by atoms with Gasteiger partial charge in [-0.25, -0.2) is 13.2 Å². The molecule has 0 saturated carbocycles. The first-order valence-corrected chi connectivity index (χ1v) is 6.77. The van der Waals surface area contributed by atoms with Crippen LogP contribution in [0.1, 0.15) is 12.5 Å². The van der Waals surface area contributed by atoms with Gasteiger partial charge in [-0.2, -0.15) is 0 Å². The van der Waals surface area contributed by atoms with Crippen molar-refractivity contribution in [2.24, 2.45) is 0 Å². The monoisotopic (exact) mass is 306 g/mol. The van der Waals surface area contributed by atoms with E-state index in [1.165, 1.54) is 11.0 Å². The van der Waals surface area contributed by atoms with Crippen LogP contribution in [0.4, 0.5) is 24.5 Å². The zero-order valence-electron chi connectivity index (χ0n) is 11.7. The summed E-state index contributed by atoms with van der Waals surface area (Å²) in [6.07, 6.45) is 0. The van der Waals surface area contributed by atoms with Crippen molar-refractivity contribution in [3.8, 4) is 0 Å². The van der Waals surface area contributed by atoms with Crippen molar-refractivity contribution in [3.05, 3.63) is 59.4 Å². The minimum Gasteiger partial charge on any atom is -0.372 e. The molecule has 114 valence electrons. The first kappa shape index (κ1) is 14.4. The molecule has 0 bridgehead atoms. The number of nitrogens with one attached hydrogen (secondary N) is 1. The van der Waals surface area contributed by atoms with Gasteiger partial charge in [0, 0.05) is 17.7 Å². The molecule has 1 amide bonds. The molecule has 1 N–H and O–H groups in total. The summed E-state index contributed by atoms with van der Waals surface area (Å²) in [4.78, 5) is 13.6. The maximum atomic E-state index is 13.8. The normalized spacial score (nSPS) is 17.2. The van der Waals surface area contributed by atoms with Crippen LogP contribution in [0, 0.1) is 17.5 Å². The molecule has 0 spiro atoms. The SMILES string of the molecule is CC1Nc2cc(F)c(F)cc2N(Cc2ccccc2F)C1=O. The van der Waals surface area contributed by atoms with Crippen LogP contribution in [0.5, 0.6) is 0 Å². The number of hydrogen-bond donors (Lipinski definition) is 1. The summed E-state index contributed by atoms with van der Waals surface area (Å²) in [7, 11) is 0.